The van der Waals surface area contributed by atoms with E-state index in [0.29, 0.717) is 22.4 Å². The van der Waals surface area contributed by atoms with Crippen molar-refractivity contribution in [3.8, 4) is 11.8 Å². The molecular formula is C23H13Cl2F2N3O. The Balaban J connectivity index is 1.60. The lowest BCUT2D eigenvalue weighted by Gasteiger charge is -2.11. The van der Waals surface area contributed by atoms with E-state index in [1.54, 1.807) is 30.3 Å². The zero-order chi connectivity index (χ0) is 22.0. The molecule has 1 heterocycles. The molecule has 0 fully saturated rings. The highest BCUT2D eigenvalue weighted by atomic mass is 35.5. The van der Waals surface area contributed by atoms with E-state index in [-0.39, 0.29) is 33.8 Å². The molecule has 0 unspecified atom stereocenters. The van der Waals surface area contributed by atoms with Gasteiger partial charge in [-0.2, -0.15) is 5.26 Å². The number of hydrogen-bond donors (Lipinski definition) is 1. The molecular weight excluding hydrogens is 443 g/mol. The monoisotopic (exact) mass is 455 g/mol. The third kappa shape index (κ3) is 4.69. The average Bonchev–Trinajstić information content (AvgIpc) is 3.15. The Morgan fingerprint density at radius 2 is 1.71 bits per heavy atom. The molecule has 1 aromatic heterocycles. The van der Waals surface area contributed by atoms with Crippen LogP contribution in [0.2, 0.25) is 10.0 Å². The second-order valence-corrected chi connectivity index (χ2v) is 7.46. The van der Waals surface area contributed by atoms with Crippen LogP contribution < -0.4 is 4.74 Å². The predicted molar refractivity (Wildman–Crippen MR) is 117 cm³/mol. The van der Waals surface area contributed by atoms with Crippen molar-refractivity contribution in [2.75, 3.05) is 0 Å². The van der Waals surface area contributed by atoms with Crippen LogP contribution in [-0.4, -0.2) is 9.97 Å². The maximum absolute atomic E-state index is 13.4. The van der Waals surface area contributed by atoms with Gasteiger partial charge in [0.1, 0.15) is 30.1 Å². The molecule has 0 amide bonds. The minimum atomic E-state index is -0.403. The smallest absolute Gasteiger partial charge is 0.157 e. The van der Waals surface area contributed by atoms with Gasteiger partial charge in [-0.3, -0.25) is 0 Å². The first-order valence-electron chi connectivity index (χ1n) is 9.06. The van der Waals surface area contributed by atoms with Crippen molar-refractivity contribution in [1.82, 2.24) is 9.97 Å². The first-order valence-corrected chi connectivity index (χ1v) is 9.82. The highest BCUT2D eigenvalue weighted by Gasteiger charge is 2.13. The van der Waals surface area contributed by atoms with Crippen molar-refractivity contribution in [2.45, 2.75) is 6.61 Å². The SMILES string of the molecule is N#C/C(=C/c1cc(Cl)c(OCc2ccc(F)cc2)c(Cl)c1)c1nc2ccc(F)cc2[nH]1. The zero-order valence-corrected chi connectivity index (χ0v) is 17.3. The van der Waals surface area contributed by atoms with Crippen LogP contribution in [0.1, 0.15) is 17.0 Å². The fraction of sp³-hybridized carbons (Fsp3) is 0.0435. The summed E-state index contributed by atoms with van der Waals surface area (Å²) in [6.07, 6.45) is 1.57. The van der Waals surface area contributed by atoms with E-state index in [0.717, 1.165) is 5.56 Å². The van der Waals surface area contributed by atoms with Gasteiger partial charge in [-0.25, -0.2) is 13.8 Å². The summed E-state index contributed by atoms with van der Waals surface area (Å²) in [7, 11) is 0. The number of aromatic amines is 1. The number of aromatic nitrogens is 2. The molecule has 0 spiro atoms. The first-order chi connectivity index (χ1) is 14.9. The molecule has 3 aromatic carbocycles. The molecule has 0 radical (unpaired) electrons. The summed E-state index contributed by atoms with van der Waals surface area (Å²) in [6, 6.07) is 15.3. The molecule has 0 atom stereocenters. The Hall–Kier alpha value is -3.40. The largest absolute Gasteiger partial charge is 0.486 e. The van der Waals surface area contributed by atoms with Gasteiger partial charge in [0.15, 0.2) is 5.75 Å². The molecule has 4 nitrogen and oxygen atoms in total. The Morgan fingerprint density at radius 1 is 1.03 bits per heavy atom. The summed E-state index contributed by atoms with van der Waals surface area (Å²) in [5.74, 6) is -0.159. The van der Waals surface area contributed by atoms with Crippen LogP contribution in [0.5, 0.6) is 5.75 Å². The van der Waals surface area contributed by atoms with Gasteiger partial charge in [-0.1, -0.05) is 35.3 Å². The number of nitrogens with zero attached hydrogens (tertiary/aromatic N) is 2. The van der Waals surface area contributed by atoms with E-state index in [4.69, 9.17) is 27.9 Å². The molecule has 0 bridgehead atoms. The van der Waals surface area contributed by atoms with Crippen LogP contribution >= 0.6 is 23.2 Å². The fourth-order valence-corrected chi connectivity index (χ4v) is 3.58. The quantitative estimate of drug-likeness (QED) is 0.337. The standard InChI is InChI=1S/C23H13Cl2F2N3O/c24-18-8-14(9-19(25)22(18)31-12-13-1-3-16(26)4-2-13)7-15(11-28)23-29-20-6-5-17(27)10-21(20)30-23/h1-10H,12H2,(H,29,30)/b15-7-. The average molecular weight is 456 g/mol. The second kappa shape index (κ2) is 8.76. The molecule has 4 aromatic rings. The van der Waals surface area contributed by atoms with Crippen LogP contribution in [-0.2, 0) is 6.61 Å². The van der Waals surface area contributed by atoms with Crippen LogP contribution in [0.4, 0.5) is 8.78 Å². The number of hydrogen-bond acceptors (Lipinski definition) is 3. The van der Waals surface area contributed by atoms with E-state index >= 15 is 0 Å². The number of benzene rings is 3. The Bertz CT molecular complexity index is 1320. The third-order valence-electron chi connectivity index (χ3n) is 4.45. The maximum atomic E-state index is 13.4. The number of nitrogens with one attached hydrogen (secondary N) is 1. The topological polar surface area (TPSA) is 61.7 Å². The van der Waals surface area contributed by atoms with Crippen molar-refractivity contribution in [3.05, 3.63) is 93.2 Å². The minimum Gasteiger partial charge on any atom is -0.486 e. The molecule has 31 heavy (non-hydrogen) atoms. The maximum Gasteiger partial charge on any atom is 0.157 e. The fourth-order valence-electron chi connectivity index (χ4n) is 2.97. The van der Waals surface area contributed by atoms with Gasteiger partial charge in [0.05, 0.1) is 26.7 Å². The Kier molecular flexibility index (Phi) is 5.90. The third-order valence-corrected chi connectivity index (χ3v) is 5.01. The van der Waals surface area contributed by atoms with Gasteiger partial charge in [0.2, 0.25) is 0 Å². The molecule has 1 N–H and O–H groups in total. The predicted octanol–water partition coefficient (Wildman–Crippen LogP) is 6.79. The highest BCUT2D eigenvalue weighted by Crippen LogP contribution is 2.36. The summed E-state index contributed by atoms with van der Waals surface area (Å²) in [6.45, 7) is 0.161. The lowest BCUT2D eigenvalue weighted by atomic mass is 10.1. The number of rotatable bonds is 5. The molecule has 154 valence electrons. The molecule has 0 aliphatic carbocycles. The summed E-state index contributed by atoms with van der Waals surface area (Å²) in [5, 5.41) is 10.1. The molecule has 0 aliphatic heterocycles. The van der Waals surface area contributed by atoms with Crippen LogP contribution in [0, 0.1) is 23.0 Å². The van der Waals surface area contributed by atoms with Gasteiger partial charge in [-0.15, -0.1) is 0 Å². The summed E-state index contributed by atoms with van der Waals surface area (Å²) >= 11 is 12.7. The number of fused-ring (bicyclic) bond motifs is 1. The van der Waals surface area contributed by atoms with E-state index in [1.165, 1.54) is 30.3 Å². The molecule has 4 rings (SSSR count). The molecule has 0 saturated heterocycles. The van der Waals surface area contributed by atoms with Crippen LogP contribution in [0.25, 0.3) is 22.7 Å². The normalized spacial score (nSPS) is 11.5. The van der Waals surface area contributed by atoms with Gasteiger partial charge in [0, 0.05) is 0 Å². The molecule has 0 aliphatic rings. The number of imidazole rings is 1. The highest BCUT2D eigenvalue weighted by molar-refractivity contribution is 6.37. The second-order valence-electron chi connectivity index (χ2n) is 6.65. The van der Waals surface area contributed by atoms with Crippen molar-refractivity contribution < 1.29 is 13.5 Å². The van der Waals surface area contributed by atoms with Gasteiger partial charge in [0.25, 0.3) is 0 Å². The van der Waals surface area contributed by atoms with Crippen molar-refractivity contribution in [2.24, 2.45) is 0 Å². The van der Waals surface area contributed by atoms with Crippen molar-refractivity contribution >= 4 is 45.9 Å². The lowest BCUT2D eigenvalue weighted by molar-refractivity contribution is 0.306. The van der Waals surface area contributed by atoms with E-state index in [2.05, 4.69) is 16.0 Å². The first kappa shape index (κ1) is 20.9. The number of halogens is 4. The summed E-state index contributed by atoms with van der Waals surface area (Å²) in [4.78, 5) is 7.25. The minimum absolute atomic E-state index is 0.161. The summed E-state index contributed by atoms with van der Waals surface area (Å²) < 4.78 is 32.1. The van der Waals surface area contributed by atoms with Crippen LogP contribution in [0.15, 0.2) is 54.6 Å². The van der Waals surface area contributed by atoms with Crippen LogP contribution in [0.3, 0.4) is 0 Å². The summed E-state index contributed by atoms with van der Waals surface area (Å²) in [5.41, 5.74) is 2.57. The lowest BCUT2D eigenvalue weighted by Crippen LogP contribution is -1.97. The van der Waals surface area contributed by atoms with Crippen molar-refractivity contribution in [3.63, 3.8) is 0 Å². The number of nitriles is 1. The van der Waals surface area contributed by atoms with E-state index in [1.807, 2.05) is 0 Å². The van der Waals surface area contributed by atoms with Gasteiger partial charge >= 0.3 is 0 Å². The Labute approximate surface area is 186 Å². The number of ether oxygens (including phenoxy) is 1. The van der Waals surface area contributed by atoms with Gasteiger partial charge in [-0.05, 0) is 59.7 Å². The molecule has 0 saturated carbocycles. The van der Waals surface area contributed by atoms with E-state index in [9.17, 15) is 14.0 Å². The number of H-pyrrole nitrogens is 1. The molecule has 8 heteroatoms. The number of allylic oxidation sites excluding steroid dienone is 1. The van der Waals surface area contributed by atoms with E-state index < -0.39 is 5.82 Å². The van der Waals surface area contributed by atoms with Crippen molar-refractivity contribution in [1.29, 1.82) is 5.26 Å². The van der Waals surface area contributed by atoms with Gasteiger partial charge < -0.3 is 9.72 Å². The zero-order valence-electron chi connectivity index (χ0n) is 15.8. The Morgan fingerprint density at radius 3 is 2.39 bits per heavy atom.